The minimum atomic E-state index is 0.670. The topological polar surface area (TPSA) is 103 Å². The number of hydrogen-bond acceptors (Lipinski definition) is 7. The Morgan fingerprint density at radius 1 is 1.00 bits per heavy atom. The number of benzene rings is 1. The normalized spacial score (nSPS) is 11.0. The zero-order chi connectivity index (χ0) is 18.9. The average molecular weight is 372 g/mol. The van der Waals surface area contributed by atoms with E-state index >= 15 is 0 Å². The summed E-state index contributed by atoms with van der Waals surface area (Å²) in [6.45, 7) is 0. The zero-order valence-electron chi connectivity index (χ0n) is 14.9. The summed E-state index contributed by atoms with van der Waals surface area (Å²) in [5.41, 5.74) is 7.41. The fourth-order valence-corrected chi connectivity index (χ4v) is 2.97. The molecular formula is C18H16N10. The Labute approximate surface area is 159 Å². The largest absolute Gasteiger partial charge is 0.337 e. The molecule has 5 aromatic rings. The van der Waals surface area contributed by atoms with Gasteiger partial charge in [0.2, 0.25) is 0 Å². The van der Waals surface area contributed by atoms with Gasteiger partial charge in [0.1, 0.15) is 12.7 Å². The van der Waals surface area contributed by atoms with E-state index < -0.39 is 0 Å². The Bertz CT molecular complexity index is 1220. The number of imidazole rings is 1. The van der Waals surface area contributed by atoms with Crippen LogP contribution in [-0.2, 0) is 0 Å². The summed E-state index contributed by atoms with van der Waals surface area (Å²) in [4.78, 5) is 14.6. The highest BCUT2D eigenvalue weighted by atomic mass is 15.5. The predicted molar refractivity (Wildman–Crippen MR) is 104 cm³/mol. The highest BCUT2D eigenvalue weighted by Gasteiger charge is 2.12. The number of nitrogens with zero attached hydrogens (tertiary/aromatic N) is 8. The highest BCUT2D eigenvalue weighted by Crippen LogP contribution is 2.25. The van der Waals surface area contributed by atoms with Crippen molar-refractivity contribution < 1.29 is 0 Å². The van der Waals surface area contributed by atoms with Gasteiger partial charge in [-0.05, 0) is 24.3 Å². The van der Waals surface area contributed by atoms with Crippen LogP contribution < -0.4 is 10.7 Å². The van der Waals surface area contributed by atoms with Crippen LogP contribution in [0.4, 0.5) is 11.5 Å². The van der Waals surface area contributed by atoms with E-state index in [2.05, 4.69) is 35.9 Å². The fraction of sp³-hybridized carbons (Fsp3) is 0.0556. The van der Waals surface area contributed by atoms with Crippen molar-refractivity contribution in [1.82, 2.24) is 39.0 Å². The van der Waals surface area contributed by atoms with Gasteiger partial charge >= 0.3 is 0 Å². The average Bonchev–Trinajstić information content (AvgIpc) is 3.48. The van der Waals surface area contributed by atoms with E-state index in [4.69, 9.17) is 0 Å². The van der Waals surface area contributed by atoms with Crippen molar-refractivity contribution in [2.75, 3.05) is 17.8 Å². The van der Waals surface area contributed by atoms with Gasteiger partial charge in [0.25, 0.3) is 0 Å². The molecular weight excluding hydrogens is 356 g/mol. The Kier molecular flexibility index (Phi) is 3.72. The molecule has 0 saturated carbocycles. The molecule has 0 atom stereocenters. The lowest BCUT2D eigenvalue weighted by Gasteiger charge is -2.08. The van der Waals surface area contributed by atoms with Gasteiger partial charge < -0.3 is 10.7 Å². The summed E-state index contributed by atoms with van der Waals surface area (Å²) in [6, 6.07) is 7.84. The summed E-state index contributed by atoms with van der Waals surface area (Å²) in [5, 5.41) is 11.7. The second-order valence-corrected chi connectivity index (χ2v) is 6.02. The molecule has 4 aromatic heterocycles. The first kappa shape index (κ1) is 16.0. The monoisotopic (exact) mass is 372 g/mol. The lowest BCUT2D eigenvalue weighted by atomic mass is 10.3. The molecule has 2 N–H and O–H groups in total. The third kappa shape index (κ3) is 2.72. The van der Waals surface area contributed by atoms with E-state index in [1.807, 2.05) is 54.3 Å². The van der Waals surface area contributed by atoms with Crippen molar-refractivity contribution in [2.45, 2.75) is 0 Å². The quantitative estimate of drug-likeness (QED) is 0.487. The fourth-order valence-electron chi connectivity index (χ4n) is 2.97. The second kappa shape index (κ2) is 6.50. The van der Waals surface area contributed by atoms with E-state index in [0.29, 0.717) is 5.82 Å². The molecule has 0 saturated heterocycles. The van der Waals surface area contributed by atoms with Gasteiger partial charge in [0.05, 0.1) is 30.0 Å². The van der Waals surface area contributed by atoms with E-state index in [9.17, 15) is 0 Å². The van der Waals surface area contributed by atoms with Crippen LogP contribution in [0.3, 0.4) is 0 Å². The van der Waals surface area contributed by atoms with E-state index in [1.54, 1.807) is 28.2 Å². The van der Waals surface area contributed by atoms with Gasteiger partial charge in [-0.3, -0.25) is 4.40 Å². The maximum absolute atomic E-state index is 4.54. The van der Waals surface area contributed by atoms with Crippen molar-refractivity contribution in [1.29, 1.82) is 0 Å². The summed E-state index contributed by atoms with van der Waals surface area (Å²) in [6.07, 6.45) is 12.3. The number of aromatic nitrogens is 8. The van der Waals surface area contributed by atoms with Crippen LogP contribution >= 0.6 is 0 Å². The maximum atomic E-state index is 4.54. The number of anilines is 2. The van der Waals surface area contributed by atoms with Gasteiger partial charge in [0, 0.05) is 30.7 Å². The third-order valence-corrected chi connectivity index (χ3v) is 4.35. The molecule has 10 heteroatoms. The van der Waals surface area contributed by atoms with Crippen LogP contribution in [0.2, 0.25) is 0 Å². The minimum absolute atomic E-state index is 0.670. The first-order valence-electron chi connectivity index (χ1n) is 8.59. The molecule has 0 radical (unpaired) electrons. The van der Waals surface area contributed by atoms with Crippen LogP contribution in [0.15, 0.2) is 67.9 Å². The van der Waals surface area contributed by atoms with Crippen LogP contribution in [-0.4, -0.2) is 46.1 Å². The molecule has 28 heavy (non-hydrogen) atoms. The predicted octanol–water partition coefficient (Wildman–Crippen LogP) is 2.09. The summed E-state index contributed by atoms with van der Waals surface area (Å²) >= 11 is 0. The molecule has 4 heterocycles. The van der Waals surface area contributed by atoms with Crippen LogP contribution in [0, 0.1) is 0 Å². The van der Waals surface area contributed by atoms with Gasteiger partial charge in [0.15, 0.2) is 11.5 Å². The Morgan fingerprint density at radius 3 is 2.64 bits per heavy atom. The molecule has 0 bridgehead atoms. The first-order chi connectivity index (χ1) is 13.8. The standard InChI is InChI=1S/C18H16N10/c1-19-28-10-13(8-23-28)16-9-22-18-17(21-6-7-26(16)18)25-14-2-4-15(5-3-14)27-12-20-11-24-27/h2-12,19H,1H3,(H,21,25). The van der Waals surface area contributed by atoms with Crippen LogP contribution in [0.1, 0.15) is 0 Å². The maximum Gasteiger partial charge on any atom is 0.180 e. The lowest BCUT2D eigenvalue weighted by molar-refractivity contribution is 0.782. The molecule has 0 unspecified atom stereocenters. The number of hydrogen-bond donors (Lipinski definition) is 2. The van der Waals surface area contributed by atoms with Crippen molar-refractivity contribution in [2.24, 2.45) is 0 Å². The number of nitrogens with one attached hydrogen (secondary N) is 2. The molecule has 10 nitrogen and oxygen atoms in total. The Morgan fingerprint density at radius 2 is 1.89 bits per heavy atom. The van der Waals surface area contributed by atoms with Gasteiger partial charge in [-0.1, -0.05) is 0 Å². The smallest absolute Gasteiger partial charge is 0.180 e. The van der Waals surface area contributed by atoms with E-state index in [-0.39, 0.29) is 0 Å². The zero-order valence-corrected chi connectivity index (χ0v) is 14.9. The third-order valence-electron chi connectivity index (χ3n) is 4.35. The first-order valence-corrected chi connectivity index (χ1v) is 8.59. The molecule has 0 aliphatic heterocycles. The second-order valence-electron chi connectivity index (χ2n) is 6.02. The lowest BCUT2D eigenvalue weighted by Crippen LogP contribution is -2.08. The summed E-state index contributed by atoms with van der Waals surface area (Å²) in [5.74, 6) is 0.670. The van der Waals surface area contributed by atoms with Crippen LogP contribution in [0.5, 0.6) is 0 Å². The number of rotatable bonds is 5. The van der Waals surface area contributed by atoms with Crippen molar-refractivity contribution in [3.05, 3.63) is 67.9 Å². The van der Waals surface area contributed by atoms with Gasteiger partial charge in [-0.25, -0.2) is 19.6 Å². The van der Waals surface area contributed by atoms with Gasteiger partial charge in [-0.2, -0.15) is 15.0 Å². The summed E-state index contributed by atoms with van der Waals surface area (Å²) in [7, 11) is 1.81. The molecule has 1 aromatic carbocycles. The molecule has 0 spiro atoms. The SMILES string of the molecule is CNn1cc(-c2cnc3c(Nc4ccc(-n5cncn5)cc4)nccn23)cn1. The molecule has 0 aliphatic rings. The highest BCUT2D eigenvalue weighted by molar-refractivity contribution is 5.74. The van der Waals surface area contributed by atoms with Crippen LogP contribution in [0.25, 0.3) is 22.6 Å². The summed E-state index contributed by atoms with van der Waals surface area (Å²) < 4.78 is 3.69. The molecule has 138 valence electrons. The molecule has 0 aliphatic carbocycles. The number of fused-ring (bicyclic) bond motifs is 1. The van der Waals surface area contributed by atoms with E-state index in [0.717, 1.165) is 28.3 Å². The molecule has 0 amide bonds. The van der Waals surface area contributed by atoms with E-state index in [1.165, 1.54) is 6.33 Å². The van der Waals surface area contributed by atoms with Crippen molar-refractivity contribution in [3.8, 4) is 16.9 Å². The minimum Gasteiger partial charge on any atom is -0.337 e. The Balaban J connectivity index is 1.46. The van der Waals surface area contributed by atoms with Gasteiger partial charge in [-0.15, -0.1) is 0 Å². The Hall–Kier alpha value is -4.21. The van der Waals surface area contributed by atoms with Crippen molar-refractivity contribution >= 4 is 17.2 Å². The van der Waals surface area contributed by atoms with Crippen molar-refractivity contribution in [3.63, 3.8) is 0 Å². The molecule has 0 fully saturated rings. The molecule has 5 rings (SSSR count).